The van der Waals surface area contributed by atoms with E-state index in [-0.39, 0.29) is 50.2 Å². The van der Waals surface area contributed by atoms with Crippen molar-refractivity contribution in [1.29, 1.82) is 0 Å². The third kappa shape index (κ3) is 5.89. The smallest absolute Gasteiger partial charge is 0.0809 e. The zero-order chi connectivity index (χ0) is 24.6. The van der Waals surface area contributed by atoms with Crippen molar-refractivity contribution in [2.75, 3.05) is 9.44 Å². The summed E-state index contributed by atoms with van der Waals surface area (Å²) in [5.74, 6) is 0. The molecule has 0 aliphatic heterocycles. The van der Waals surface area contributed by atoms with Crippen molar-refractivity contribution in [2.24, 2.45) is 0 Å². The van der Waals surface area contributed by atoms with E-state index in [4.69, 9.17) is 116 Å². The summed E-state index contributed by atoms with van der Waals surface area (Å²) in [5.41, 5.74) is 2.33. The Labute approximate surface area is 249 Å². The Morgan fingerprint density at radius 1 is 0.515 bits per heavy atom. The van der Waals surface area contributed by atoms with Crippen LogP contribution in [0, 0.1) is 6.92 Å². The molecule has 176 valence electrons. The van der Waals surface area contributed by atoms with Gasteiger partial charge in [-0.15, -0.1) is 0 Å². The van der Waals surface area contributed by atoms with Crippen molar-refractivity contribution in [3.05, 3.63) is 74.0 Å². The van der Waals surface area contributed by atoms with Gasteiger partial charge in [-0.05, 0) is 42.4 Å². The highest BCUT2D eigenvalue weighted by Crippen LogP contribution is 2.50. The van der Waals surface area contributed by atoms with E-state index in [1.54, 1.807) is 0 Å². The Hall–Kier alpha value is 0.860. The van der Waals surface area contributed by atoms with Crippen LogP contribution >= 0.6 is 140 Å². The fraction of sp³-hybridized carbons (Fsp3) is 0.0526. The molecule has 0 aliphatic rings. The molecule has 0 radical (unpaired) electrons. The van der Waals surface area contributed by atoms with Gasteiger partial charge in [0.1, 0.15) is 0 Å². The first-order chi connectivity index (χ1) is 15.5. The Morgan fingerprint density at radius 2 is 0.879 bits per heavy atom. The summed E-state index contributed by atoms with van der Waals surface area (Å²) in [4.78, 5) is 0.835. The molecule has 2 nitrogen and oxygen atoms in total. The van der Waals surface area contributed by atoms with E-state index in [9.17, 15) is 0 Å². The van der Waals surface area contributed by atoms with Crippen molar-refractivity contribution in [3.8, 4) is 0 Å². The Bertz CT molecular complexity index is 1190. The third-order valence-electron chi connectivity index (χ3n) is 4.13. The number of aryl methyl sites for hydroxylation is 1. The van der Waals surface area contributed by atoms with Gasteiger partial charge >= 0.3 is 0 Å². The molecule has 0 atom stereocenters. The molecule has 0 bridgehead atoms. The van der Waals surface area contributed by atoms with Crippen LogP contribution in [0.2, 0.25) is 50.2 Å². The third-order valence-corrected chi connectivity index (χ3v) is 11.0. The molecule has 3 rings (SSSR count). The predicted octanol–water partition coefficient (Wildman–Crippen LogP) is 12.8. The van der Waals surface area contributed by atoms with Crippen molar-refractivity contribution in [3.63, 3.8) is 0 Å². The highest BCUT2D eigenvalue weighted by molar-refractivity contribution is 8.01. The highest BCUT2D eigenvalue weighted by Gasteiger charge is 2.22. The lowest BCUT2D eigenvalue weighted by atomic mass is 10.2. The van der Waals surface area contributed by atoms with E-state index in [1.165, 1.54) is 0 Å². The Kier molecular flexibility index (Phi) is 10.3. The number of anilines is 2. The molecule has 0 aromatic heterocycles. The van der Waals surface area contributed by atoms with Gasteiger partial charge in [0.2, 0.25) is 0 Å². The van der Waals surface area contributed by atoms with E-state index in [2.05, 4.69) is 9.44 Å². The van der Waals surface area contributed by atoms with E-state index >= 15 is 0 Å². The molecule has 0 amide bonds. The Morgan fingerprint density at radius 3 is 1.30 bits per heavy atom. The number of benzene rings is 3. The number of nitrogens with one attached hydrogen (secondary N) is 2. The fourth-order valence-electron chi connectivity index (χ4n) is 2.45. The van der Waals surface area contributed by atoms with Gasteiger partial charge in [-0.25, -0.2) is 0 Å². The molecule has 0 unspecified atom stereocenters. The van der Waals surface area contributed by atoms with Crippen molar-refractivity contribution in [2.45, 2.75) is 16.7 Å². The van der Waals surface area contributed by atoms with Gasteiger partial charge in [-0.3, -0.25) is 0 Å². The lowest BCUT2D eigenvalue weighted by Gasteiger charge is -2.18. The summed E-state index contributed by atoms with van der Waals surface area (Å²) in [7, 11) is 0. The normalized spacial score (nSPS) is 11.1. The van der Waals surface area contributed by atoms with Crippen LogP contribution in [0.3, 0.4) is 0 Å². The summed E-state index contributed by atoms with van der Waals surface area (Å²) < 4.78 is 6.42. The second kappa shape index (κ2) is 11.9. The maximum atomic E-state index is 6.33. The maximum absolute atomic E-state index is 6.33. The average Bonchev–Trinajstić information content (AvgIpc) is 2.80. The first kappa shape index (κ1) is 28.4. The van der Waals surface area contributed by atoms with Crippen LogP contribution in [0.5, 0.6) is 0 Å². The van der Waals surface area contributed by atoms with Gasteiger partial charge in [0.25, 0.3) is 0 Å². The summed E-state index contributed by atoms with van der Waals surface area (Å²) in [6.45, 7) is 1.92. The van der Waals surface area contributed by atoms with E-state index < -0.39 is 0 Å². The SMILES string of the molecule is Cc1cccc(NSc2c(Cl)c(Cl)c(Cl)c(Cl)c2Cl)c1NSc1c(Cl)c(Cl)c(Cl)c(Cl)c1Cl. The summed E-state index contributed by atoms with van der Waals surface area (Å²) >= 11 is 64.3. The predicted molar refractivity (Wildman–Crippen MR) is 153 cm³/mol. The standard InChI is InChI=1S/C19H8Cl10N2S2/c1-5-3-2-4-6(30-32-18-13(26)9(22)7(20)10(23)14(18)27)17(5)31-33-19-15(28)11(24)8(21)12(25)16(19)29/h2-4,30-31H,1H3. The number of halogens is 10. The average molecular weight is 683 g/mol. The van der Waals surface area contributed by atoms with Crippen LogP contribution < -0.4 is 9.44 Å². The van der Waals surface area contributed by atoms with Crippen molar-refractivity contribution in [1.82, 2.24) is 0 Å². The molecule has 0 heterocycles. The summed E-state index contributed by atoms with van der Waals surface area (Å²) in [5, 5.41) is 1.30. The molecule has 3 aromatic carbocycles. The van der Waals surface area contributed by atoms with Crippen LogP contribution in [0.15, 0.2) is 28.0 Å². The van der Waals surface area contributed by atoms with Crippen LogP contribution in [-0.2, 0) is 0 Å². The molecule has 14 heteroatoms. The molecular weight excluding hydrogens is 675 g/mol. The van der Waals surface area contributed by atoms with Gasteiger partial charge < -0.3 is 9.44 Å². The monoisotopic (exact) mass is 678 g/mol. The number of para-hydroxylation sites is 1. The highest BCUT2D eigenvalue weighted by atomic mass is 35.5. The van der Waals surface area contributed by atoms with Crippen LogP contribution in [0.1, 0.15) is 5.56 Å². The van der Waals surface area contributed by atoms with E-state index in [0.717, 1.165) is 35.1 Å². The van der Waals surface area contributed by atoms with Crippen LogP contribution in [-0.4, -0.2) is 0 Å². The van der Waals surface area contributed by atoms with Gasteiger partial charge in [-0.2, -0.15) is 0 Å². The van der Waals surface area contributed by atoms with E-state index in [0.29, 0.717) is 15.5 Å². The number of rotatable bonds is 6. The molecule has 3 aromatic rings. The van der Waals surface area contributed by atoms with Crippen molar-refractivity contribution >= 4 is 151 Å². The molecule has 33 heavy (non-hydrogen) atoms. The molecule has 0 saturated carbocycles. The molecule has 0 fully saturated rings. The van der Waals surface area contributed by atoms with Gasteiger partial charge in [-0.1, -0.05) is 128 Å². The first-order valence-corrected chi connectivity index (χ1v) is 13.9. The summed E-state index contributed by atoms with van der Waals surface area (Å²) in [6, 6.07) is 5.63. The lowest BCUT2D eigenvalue weighted by Crippen LogP contribution is -1.98. The maximum Gasteiger partial charge on any atom is 0.0809 e. The molecule has 0 aliphatic carbocycles. The van der Waals surface area contributed by atoms with Gasteiger partial charge in [0.05, 0.1) is 71.4 Å². The quantitative estimate of drug-likeness (QED) is 0.154. The molecule has 0 spiro atoms. The zero-order valence-corrected chi connectivity index (χ0v) is 25.0. The van der Waals surface area contributed by atoms with Crippen LogP contribution in [0.4, 0.5) is 11.4 Å². The molecule has 2 N–H and O–H groups in total. The summed E-state index contributed by atoms with van der Waals surface area (Å²) in [6.07, 6.45) is 0. The second-order valence-corrected chi connectivity index (χ2v) is 11.6. The molecule has 0 saturated heterocycles. The van der Waals surface area contributed by atoms with Gasteiger partial charge in [0, 0.05) is 0 Å². The molecular formula is C19H8Cl10N2S2. The largest absolute Gasteiger partial charge is 0.324 e. The lowest BCUT2D eigenvalue weighted by molar-refractivity contribution is 1.44. The minimum atomic E-state index is 0.0843. The minimum absolute atomic E-state index is 0.0843. The van der Waals surface area contributed by atoms with Crippen molar-refractivity contribution < 1.29 is 0 Å². The number of hydrogen-bond donors (Lipinski definition) is 2. The first-order valence-electron chi connectivity index (χ1n) is 8.45. The zero-order valence-electron chi connectivity index (χ0n) is 15.8. The van der Waals surface area contributed by atoms with Crippen LogP contribution in [0.25, 0.3) is 0 Å². The fourth-order valence-corrected chi connectivity index (χ4v) is 7.03. The minimum Gasteiger partial charge on any atom is -0.324 e. The van der Waals surface area contributed by atoms with Gasteiger partial charge in [0.15, 0.2) is 0 Å². The second-order valence-electron chi connectivity index (χ2n) is 6.20. The van der Waals surface area contributed by atoms with E-state index in [1.807, 2.05) is 25.1 Å². The topological polar surface area (TPSA) is 24.1 Å². The Balaban J connectivity index is 1.91. The number of hydrogen-bond acceptors (Lipinski definition) is 4.